The number of ether oxygens (including phenoxy) is 4. The fourth-order valence-electron chi connectivity index (χ4n) is 5.22. The third kappa shape index (κ3) is 4.55. The van der Waals surface area contributed by atoms with E-state index < -0.39 is 10.0 Å². The van der Waals surface area contributed by atoms with Crippen molar-refractivity contribution in [2.24, 2.45) is 5.92 Å². The molecule has 3 atom stereocenters. The number of hydrogen-bond donors (Lipinski definition) is 2. The van der Waals surface area contributed by atoms with E-state index in [-0.39, 0.29) is 22.8 Å². The molecule has 3 aromatic rings. The van der Waals surface area contributed by atoms with Gasteiger partial charge in [-0.1, -0.05) is 12.2 Å². The molecule has 2 aliphatic rings. The highest BCUT2D eigenvalue weighted by atomic mass is 32.2. The highest BCUT2D eigenvalue weighted by Crippen LogP contribution is 2.52. The number of nitrogens with one attached hydrogen (secondary N) is 2. The van der Waals surface area contributed by atoms with E-state index in [1.807, 2.05) is 18.2 Å². The van der Waals surface area contributed by atoms with Gasteiger partial charge in [-0.05, 0) is 78.1 Å². The number of methoxy groups -OCH3 is 4. The molecule has 37 heavy (non-hydrogen) atoms. The number of anilines is 2. The van der Waals surface area contributed by atoms with E-state index in [0.717, 1.165) is 23.2 Å². The number of hydrogen-bond acceptors (Lipinski definition) is 7. The first kappa shape index (κ1) is 24.8. The van der Waals surface area contributed by atoms with Gasteiger partial charge in [0, 0.05) is 17.3 Å². The van der Waals surface area contributed by atoms with Crippen LogP contribution in [0, 0.1) is 5.92 Å². The van der Waals surface area contributed by atoms with Crippen LogP contribution in [0.25, 0.3) is 0 Å². The molecule has 0 saturated carbocycles. The lowest BCUT2D eigenvalue weighted by Gasteiger charge is -2.38. The van der Waals surface area contributed by atoms with Crippen LogP contribution in [-0.2, 0) is 10.0 Å². The van der Waals surface area contributed by atoms with Crippen molar-refractivity contribution in [2.45, 2.75) is 23.3 Å². The van der Waals surface area contributed by atoms with Gasteiger partial charge in [-0.15, -0.1) is 0 Å². The minimum absolute atomic E-state index is 0.0268. The summed E-state index contributed by atoms with van der Waals surface area (Å²) >= 11 is 0. The van der Waals surface area contributed by atoms with Gasteiger partial charge in [0.15, 0.2) is 11.5 Å². The Kier molecular flexibility index (Phi) is 6.64. The summed E-state index contributed by atoms with van der Waals surface area (Å²) in [5, 5.41) is 3.64. The Labute approximate surface area is 217 Å². The molecule has 3 aromatic carbocycles. The van der Waals surface area contributed by atoms with Crippen molar-refractivity contribution < 1.29 is 27.4 Å². The summed E-state index contributed by atoms with van der Waals surface area (Å²) in [5.74, 6) is 2.66. The lowest BCUT2D eigenvalue weighted by atomic mass is 9.77. The van der Waals surface area contributed by atoms with Crippen LogP contribution in [-0.4, -0.2) is 36.9 Å². The van der Waals surface area contributed by atoms with Gasteiger partial charge >= 0.3 is 0 Å². The Hall–Kier alpha value is -3.85. The number of fused-ring (bicyclic) bond motifs is 3. The van der Waals surface area contributed by atoms with Crippen LogP contribution in [0.5, 0.6) is 23.0 Å². The van der Waals surface area contributed by atoms with Crippen LogP contribution < -0.4 is 29.0 Å². The molecule has 8 nitrogen and oxygen atoms in total. The molecule has 0 unspecified atom stereocenters. The molecule has 1 aliphatic heterocycles. The zero-order valence-electron chi connectivity index (χ0n) is 21.1. The molecule has 194 valence electrons. The van der Waals surface area contributed by atoms with Gasteiger partial charge < -0.3 is 24.3 Å². The molecule has 0 radical (unpaired) electrons. The van der Waals surface area contributed by atoms with Gasteiger partial charge in [-0.25, -0.2) is 8.42 Å². The number of sulfonamides is 1. The number of allylic oxidation sites excluding steroid dienone is 2. The average molecular weight is 523 g/mol. The van der Waals surface area contributed by atoms with E-state index in [0.29, 0.717) is 28.7 Å². The van der Waals surface area contributed by atoms with Crippen molar-refractivity contribution in [2.75, 3.05) is 38.5 Å². The number of rotatable bonds is 8. The quantitative estimate of drug-likeness (QED) is 0.385. The van der Waals surface area contributed by atoms with Crippen molar-refractivity contribution in [1.29, 1.82) is 0 Å². The Morgan fingerprint density at radius 1 is 0.865 bits per heavy atom. The molecule has 0 aromatic heterocycles. The van der Waals surface area contributed by atoms with Crippen molar-refractivity contribution in [3.63, 3.8) is 0 Å². The molecule has 0 spiro atoms. The Morgan fingerprint density at radius 2 is 1.57 bits per heavy atom. The van der Waals surface area contributed by atoms with Crippen LogP contribution in [0.15, 0.2) is 71.6 Å². The molecule has 5 rings (SSSR count). The maximum atomic E-state index is 13.2. The minimum Gasteiger partial charge on any atom is -0.497 e. The zero-order chi connectivity index (χ0) is 26.2. The van der Waals surface area contributed by atoms with Gasteiger partial charge in [0.25, 0.3) is 10.0 Å². The van der Waals surface area contributed by atoms with Gasteiger partial charge in [-0.3, -0.25) is 4.72 Å². The summed E-state index contributed by atoms with van der Waals surface area (Å²) < 4.78 is 50.9. The maximum Gasteiger partial charge on any atom is 0.261 e. The third-order valence-electron chi connectivity index (χ3n) is 7.03. The van der Waals surface area contributed by atoms with Crippen molar-refractivity contribution in [1.82, 2.24) is 0 Å². The summed E-state index contributed by atoms with van der Waals surface area (Å²) in [4.78, 5) is 0.217. The lowest BCUT2D eigenvalue weighted by molar-refractivity contribution is 0.322. The van der Waals surface area contributed by atoms with Crippen molar-refractivity contribution in [3.05, 3.63) is 77.9 Å². The summed E-state index contributed by atoms with van der Waals surface area (Å²) in [6, 6.07) is 15.9. The van der Waals surface area contributed by atoms with E-state index in [2.05, 4.69) is 22.2 Å². The predicted octanol–water partition coefficient (Wildman–Crippen LogP) is 5.35. The van der Waals surface area contributed by atoms with E-state index >= 15 is 0 Å². The van der Waals surface area contributed by atoms with Gasteiger partial charge in [-0.2, -0.15) is 0 Å². The summed E-state index contributed by atoms with van der Waals surface area (Å²) in [6.07, 6.45) is 5.19. The first-order valence-corrected chi connectivity index (χ1v) is 13.4. The highest BCUT2D eigenvalue weighted by Gasteiger charge is 2.39. The summed E-state index contributed by atoms with van der Waals surface area (Å²) in [7, 11) is 2.58. The maximum absolute atomic E-state index is 13.2. The Balaban J connectivity index is 1.48. The highest BCUT2D eigenvalue weighted by molar-refractivity contribution is 7.92. The van der Waals surface area contributed by atoms with Gasteiger partial charge in [0.2, 0.25) is 5.75 Å². The van der Waals surface area contributed by atoms with E-state index in [9.17, 15) is 8.42 Å². The smallest absolute Gasteiger partial charge is 0.261 e. The van der Waals surface area contributed by atoms with Crippen LogP contribution in [0.3, 0.4) is 0 Å². The molecule has 0 amide bonds. The molecule has 0 bridgehead atoms. The van der Waals surface area contributed by atoms with Crippen LogP contribution >= 0.6 is 0 Å². The van der Waals surface area contributed by atoms with Crippen molar-refractivity contribution >= 4 is 21.4 Å². The van der Waals surface area contributed by atoms with Gasteiger partial charge in [0.05, 0.1) is 39.4 Å². The monoisotopic (exact) mass is 522 g/mol. The van der Waals surface area contributed by atoms with Crippen LogP contribution in [0.4, 0.5) is 11.4 Å². The minimum atomic E-state index is -3.78. The molecule has 1 heterocycles. The fraction of sp³-hybridized carbons (Fsp3) is 0.286. The first-order valence-electron chi connectivity index (χ1n) is 11.9. The summed E-state index contributed by atoms with van der Waals surface area (Å²) in [5.41, 5.74) is 3.34. The third-order valence-corrected chi connectivity index (χ3v) is 8.41. The van der Waals surface area contributed by atoms with E-state index in [1.165, 1.54) is 0 Å². The number of benzene rings is 3. The van der Waals surface area contributed by atoms with Crippen LogP contribution in [0.1, 0.15) is 29.5 Å². The second kappa shape index (κ2) is 9.89. The van der Waals surface area contributed by atoms with E-state index in [1.54, 1.807) is 64.8 Å². The second-order valence-corrected chi connectivity index (χ2v) is 10.7. The molecular weight excluding hydrogens is 492 g/mol. The van der Waals surface area contributed by atoms with E-state index in [4.69, 9.17) is 18.9 Å². The molecule has 2 N–H and O–H groups in total. The molecule has 0 fully saturated rings. The zero-order valence-corrected chi connectivity index (χ0v) is 22.0. The molecular formula is C28H30N2O6S. The summed E-state index contributed by atoms with van der Waals surface area (Å²) in [6.45, 7) is 0. The lowest BCUT2D eigenvalue weighted by Crippen LogP contribution is -2.29. The standard InChI is InChI=1S/C28H30N2O6S/c1-33-19-10-8-18(9-11-19)30-37(31,32)20-12-13-24-23(16-20)21-6-5-7-22(21)27(29-24)17-14-25(34-2)28(36-4)26(15-17)35-3/h5-6,8-16,21-22,27,29-30H,7H2,1-4H3/t21-,22+,27+/m0/s1. The topological polar surface area (TPSA) is 95.1 Å². The van der Waals surface area contributed by atoms with Crippen molar-refractivity contribution in [3.8, 4) is 23.0 Å². The Bertz CT molecular complexity index is 1410. The fourth-order valence-corrected chi connectivity index (χ4v) is 6.32. The largest absolute Gasteiger partial charge is 0.497 e. The second-order valence-electron chi connectivity index (χ2n) is 9.02. The van der Waals surface area contributed by atoms with Crippen LogP contribution in [0.2, 0.25) is 0 Å². The Morgan fingerprint density at radius 3 is 2.19 bits per heavy atom. The SMILES string of the molecule is COc1ccc(NS(=O)(=O)c2ccc3c(c2)[C@H]2C=CC[C@H]2[C@@H](c2cc(OC)c(OC)c(OC)c2)N3)cc1. The predicted molar refractivity (Wildman–Crippen MR) is 143 cm³/mol. The molecule has 1 aliphatic carbocycles. The molecule has 0 saturated heterocycles. The van der Waals surface area contributed by atoms with Gasteiger partial charge in [0.1, 0.15) is 5.75 Å². The average Bonchev–Trinajstić information content (AvgIpc) is 3.42. The normalized spacial score (nSPS) is 19.8. The molecule has 9 heteroatoms. The first-order chi connectivity index (χ1) is 17.9.